The van der Waals surface area contributed by atoms with Crippen molar-refractivity contribution in [3.63, 3.8) is 0 Å². The average Bonchev–Trinajstić information content (AvgIpc) is 2.82. The third kappa shape index (κ3) is 7.28. The standard InChI is InChI=1S/C24H32N4O5S/c1-18(2)16-25-34(31,32)22-10-8-21(9-11-22)33-17-23(29)26-20-6-4-19(5-7-20)24(30)28-14-12-27(3)13-15-28/h4-11,18,25H,12-17H2,1-3H3,(H,26,29). The molecule has 1 aliphatic heterocycles. The normalized spacial score (nSPS) is 14.8. The number of ether oxygens (including phenoxy) is 1. The number of likely N-dealkylation sites (N-methyl/N-ethyl adjacent to an activating group) is 1. The van der Waals surface area contributed by atoms with E-state index in [1.807, 2.05) is 25.8 Å². The van der Waals surface area contributed by atoms with Gasteiger partial charge < -0.3 is 19.9 Å². The fourth-order valence-electron chi connectivity index (χ4n) is 3.31. The summed E-state index contributed by atoms with van der Waals surface area (Å²) in [5, 5.41) is 2.73. The Morgan fingerprint density at radius 2 is 1.59 bits per heavy atom. The van der Waals surface area contributed by atoms with Gasteiger partial charge in [-0.05, 0) is 61.5 Å². The Bertz CT molecular complexity index is 1080. The Hall–Kier alpha value is -2.95. The molecule has 0 bridgehead atoms. The second-order valence-electron chi connectivity index (χ2n) is 8.73. The molecule has 0 unspecified atom stereocenters. The number of sulfonamides is 1. The number of carbonyl (C=O) groups is 2. The van der Waals surface area contributed by atoms with E-state index in [9.17, 15) is 18.0 Å². The van der Waals surface area contributed by atoms with Crippen molar-refractivity contribution in [3.05, 3.63) is 54.1 Å². The molecule has 2 amide bonds. The maximum absolute atomic E-state index is 12.6. The zero-order valence-electron chi connectivity index (χ0n) is 19.8. The van der Waals surface area contributed by atoms with E-state index in [4.69, 9.17) is 4.74 Å². The third-order valence-corrected chi connectivity index (χ3v) is 6.83. The lowest BCUT2D eigenvalue weighted by atomic mass is 10.1. The second-order valence-corrected chi connectivity index (χ2v) is 10.5. The molecule has 0 spiro atoms. The number of hydrogen-bond donors (Lipinski definition) is 2. The number of hydrogen-bond acceptors (Lipinski definition) is 6. The van der Waals surface area contributed by atoms with Crippen LogP contribution in [0, 0.1) is 5.92 Å². The summed E-state index contributed by atoms with van der Waals surface area (Å²) in [4.78, 5) is 29.0. The van der Waals surface area contributed by atoms with Gasteiger partial charge in [-0.3, -0.25) is 9.59 Å². The topological polar surface area (TPSA) is 108 Å². The van der Waals surface area contributed by atoms with E-state index in [-0.39, 0.29) is 29.2 Å². The average molecular weight is 489 g/mol. The molecule has 2 aromatic carbocycles. The minimum atomic E-state index is -3.58. The van der Waals surface area contributed by atoms with E-state index in [0.717, 1.165) is 13.1 Å². The predicted molar refractivity (Wildman–Crippen MR) is 130 cm³/mol. The molecule has 1 aliphatic rings. The van der Waals surface area contributed by atoms with Gasteiger partial charge in [-0.2, -0.15) is 0 Å². The van der Waals surface area contributed by atoms with E-state index < -0.39 is 10.0 Å². The van der Waals surface area contributed by atoms with Gasteiger partial charge in [-0.15, -0.1) is 0 Å². The van der Waals surface area contributed by atoms with Gasteiger partial charge >= 0.3 is 0 Å². The summed E-state index contributed by atoms with van der Waals surface area (Å²) in [6.45, 7) is 7.07. The van der Waals surface area contributed by atoms with Crippen LogP contribution in [-0.2, 0) is 14.8 Å². The van der Waals surface area contributed by atoms with Gasteiger partial charge in [0.15, 0.2) is 6.61 Å². The molecule has 1 heterocycles. The number of nitrogens with zero attached hydrogens (tertiary/aromatic N) is 2. The summed E-state index contributed by atoms with van der Waals surface area (Å²) < 4.78 is 32.5. The van der Waals surface area contributed by atoms with Gasteiger partial charge in [0, 0.05) is 44.0 Å². The molecule has 0 radical (unpaired) electrons. The van der Waals surface area contributed by atoms with Crippen LogP contribution < -0.4 is 14.8 Å². The molecule has 10 heteroatoms. The lowest BCUT2D eigenvalue weighted by molar-refractivity contribution is -0.118. The fraction of sp³-hybridized carbons (Fsp3) is 0.417. The molecule has 2 N–H and O–H groups in total. The van der Waals surface area contributed by atoms with Gasteiger partial charge in [0.2, 0.25) is 10.0 Å². The Balaban J connectivity index is 1.48. The number of carbonyl (C=O) groups excluding carboxylic acids is 2. The number of rotatable bonds is 9. The predicted octanol–water partition coefficient (Wildman–Crippen LogP) is 2.03. The summed E-state index contributed by atoms with van der Waals surface area (Å²) in [6.07, 6.45) is 0. The number of amides is 2. The number of nitrogens with one attached hydrogen (secondary N) is 2. The zero-order chi connectivity index (χ0) is 24.7. The van der Waals surface area contributed by atoms with Crippen LogP contribution in [-0.4, -0.2) is 76.4 Å². The maximum Gasteiger partial charge on any atom is 0.262 e. The van der Waals surface area contributed by atoms with Gasteiger partial charge in [0.25, 0.3) is 11.8 Å². The van der Waals surface area contributed by atoms with Crippen LogP contribution in [0.4, 0.5) is 5.69 Å². The molecule has 9 nitrogen and oxygen atoms in total. The molecular formula is C24H32N4O5S. The Labute approximate surface area is 201 Å². The van der Waals surface area contributed by atoms with Gasteiger partial charge in [0.05, 0.1) is 4.90 Å². The smallest absolute Gasteiger partial charge is 0.262 e. The lowest BCUT2D eigenvalue weighted by Crippen LogP contribution is -2.47. The highest BCUT2D eigenvalue weighted by molar-refractivity contribution is 7.89. The van der Waals surface area contributed by atoms with Gasteiger partial charge in [0.1, 0.15) is 5.75 Å². The molecule has 1 saturated heterocycles. The van der Waals surface area contributed by atoms with E-state index >= 15 is 0 Å². The highest BCUT2D eigenvalue weighted by atomic mass is 32.2. The largest absolute Gasteiger partial charge is 0.484 e. The minimum absolute atomic E-state index is 0.0147. The van der Waals surface area contributed by atoms with Crippen molar-refractivity contribution in [3.8, 4) is 5.75 Å². The summed E-state index contributed by atoms with van der Waals surface area (Å²) in [6, 6.07) is 12.7. The number of piperazine rings is 1. The molecule has 0 aromatic heterocycles. The second kappa shape index (κ2) is 11.5. The van der Waals surface area contributed by atoms with E-state index in [1.54, 1.807) is 24.3 Å². The summed E-state index contributed by atoms with van der Waals surface area (Å²) >= 11 is 0. The van der Waals surface area contributed by atoms with Crippen LogP contribution in [0.3, 0.4) is 0 Å². The van der Waals surface area contributed by atoms with E-state index in [1.165, 1.54) is 24.3 Å². The van der Waals surface area contributed by atoms with E-state index in [0.29, 0.717) is 36.6 Å². The van der Waals surface area contributed by atoms with E-state index in [2.05, 4.69) is 14.9 Å². The van der Waals surface area contributed by atoms with Crippen molar-refractivity contribution in [1.82, 2.24) is 14.5 Å². The molecule has 2 aromatic rings. The lowest BCUT2D eigenvalue weighted by Gasteiger charge is -2.32. The summed E-state index contributed by atoms with van der Waals surface area (Å²) in [5.41, 5.74) is 1.14. The van der Waals surface area contributed by atoms with Crippen molar-refractivity contribution in [1.29, 1.82) is 0 Å². The first-order chi connectivity index (χ1) is 16.1. The molecule has 0 atom stereocenters. The summed E-state index contributed by atoms with van der Waals surface area (Å²) in [5.74, 6) is 0.197. The van der Waals surface area contributed by atoms with Crippen molar-refractivity contribution in [2.45, 2.75) is 18.7 Å². The highest BCUT2D eigenvalue weighted by Gasteiger charge is 2.20. The Morgan fingerprint density at radius 3 is 2.18 bits per heavy atom. The van der Waals surface area contributed by atoms with Crippen LogP contribution in [0.25, 0.3) is 0 Å². The molecule has 0 aliphatic carbocycles. The first kappa shape index (κ1) is 25.7. The molecular weight excluding hydrogens is 456 g/mol. The van der Waals surface area contributed by atoms with Gasteiger partial charge in [-0.1, -0.05) is 13.8 Å². The van der Waals surface area contributed by atoms with Crippen LogP contribution in [0.1, 0.15) is 24.2 Å². The van der Waals surface area contributed by atoms with Crippen LogP contribution in [0.15, 0.2) is 53.4 Å². The fourth-order valence-corrected chi connectivity index (χ4v) is 4.52. The zero-order valence-corrected chi connectivity index (χ0v) is 20.6. The summed E-state index contributed by atoms with van der Waals surface area (Å²) in [7, 11) is -1.54. The SMILES string of the molecule is CC(C)CNS(=O)(=O)c1ccc(OCC(=O)Nc2ccc(C(=O)N3CCN(C)CC3)cc2)cc1. The quantitative estimate of drug-likeness (QED) is 0.559. The molecule has 184 valence electrons. The van der Waals surface area contributed by atoms with Crippen molar-refractivity contribution < 1.29 is 22.7 Å². The van der Waals surface area contributed by atoms with Crippen LogP contribution in [0.5, 0.6) is 5.75 Å². The molecule has 34 heavy (non-hydrogen) atoms. The minimum Gasteiger partial charge on any atom is -0.484 e. The monoisotopic (exact) mass is 488 g/mol. The Kier molecular flexibility index (Phi) is 8.65. The number of anilines is 1. The Morgan fingerprint density at radius 1 is 0.971 bits per heavy atom. The number of benzene rings is 2. The van der Waals surface area contributed by atoms with Crippen molar-refractivity contribution in [2.24, 2.45) is 5.92 Å². The first-order valence-corrected chi connectivity index (χ1v) is 12.7. The van der Waals surface area contributed by atoms with Crippen molar-refractivity contribution >= 4 is 27.5 Å². The van der Waals surface area contributed by atoms with Crippen LogP contribution in [0.2, 0.25) is 0 Å². The first-order valence-electron chi connectivity index (χ1n) is 11.2. The molecule has 0 saturated carbocycles. The van der Waals surface area contributed by atoms with Gasteiger partial charge in [-0.25, -0.2) is 13.1 Å². The van der Waals surface area contributed by atoms with Crippen molar-refractivity contribution in [2.75, 3.05) is 51.7 Å². The highest BCUT2D eigenvalue weighted by Crippen LogP contribution is 2.17. The van der Waals surface area contributed by atoms with Crippen LogP contribution >= 0.6 is 0 Å². The third-order valence-electron chi connectivity index (χ3n) is 5.39. The maximum atomic E-state index is 12.6. The molecule has 1 fully saturated rings. The molecule has 3 rings (SSSR count).